The Hall–Kier alpha value is -0.110. The van der Waals surface area contributed by atoms with E-state index < -0.39 is 11.2 Å². The van der Waals surface area contributed by atoms with Crippen molar-refractivity contribution in [2.45, 2.75) is 6.18 Å². The second kappa shape index (κ2) is 3.16. The molecule has 0 saturated carbocycles. The average molecular weight is 177 g/mol. The number of alkyl halides is 3. The molecule has 0 aromatic rings. The summed E-state index contributed by atoms with van der Waals surface area (Å²) in [6.45, 7) is 0. The SMILES string of the molecule is FC(F)(F)C(Cl)=C=CCl. The molecule has 0 spiro atoms. The van der Waals surface area contributed by atoms with Crippen molar-refractivity contribution in [1.82, 2.24) is 0 Å². The van der Waals surface area contributed by atoms with Crippen LogP contribution in [0.1, 0.15) is 0 Å². The summed E-state index contributed by atoms with van der Waals surface area (Å²) in [5, 5.41) is -1.35. The molecule has 0 aliphatic heterocycles. The van der Waals surface area contributed by atoms with Crippen LogP contribution in [-0.2, 0) is 0 Å². The van der Waals surface area contributed by atoms with Crippen LogP contribution in [0.4, 0.5) is 13.2 Å². The summed E-state index contributed by atoms with van der Waals surface area (Å²) in [6, 6.07) is 0. The molecule has 0 aliphatic rings. The molecule has 0 aromatic carbocycles. The van der Waals surface area contributed by atoms with Gasteiger partial charge in [0.25, 0.3) is 0 Å². The summed E-state index contributed by atoms with van der Waals surface area (Å²) >= 11 is 9.38. The third-order valence-corrected chi connectivity index (χ3v) is 0.863. The zero-order valence-electron chi connectivity index (χ0n) is 3.97. The molecule has 5 heteroatoms. The van der Waals surface area contributed by atoms with Crippen molar-refractivity contribution in [3.63, 3.8) is 0 Å². The summed E-state index contributed by atoms with van der Waals surface area (Å²) in [7, 11) is 0. The van der Waals surface area contributed by atoms with Gasteiger partial charge in [-0.3, -0.25) is 0 Å². The second-order valence-corrected chi connectivity index (χ2v) is 1.66. The first-order valence-corrected chi connectivity index (χ1v) is 2.58. The van der Waals surface area contributed by atoms with Crippen molar-refractivity contribution < 1.29 is 13.2 Å². The van der Waals surface area contributed by atoms with E-state index in [9.17, 15) is 13.2 Å². The summed E-state index contributed by atoms with van der Waals surface area (Å²) in [5.41, 5.74) is 2.16. The van der Waals surface area contributed by atoms with Crippen LogP contribution < -0.4 is 0 Å². The first-order chi connectivity index (χ1) is 3.98. The van der Waals surface area contributed by atoms with Gasteiger partial charge in [-0.2, -0.15) is 13.2 Å². The minimum atomic E-state index is -4.53. The number of rotatable bonds is 0. The number of hydrogen-bond donors (Lipinski definition) is 0. The van der Waals surface area contributed by atoms with Gasteiger partial charge in [0.05, 0.1) is 0 Å². The Balaban J connectivity index is 4.40. The topological polar surface area (TPSA) is 0 Å². The van der Waals surface area contributed by atoms with Gasteiger partial charge in [0.2, 0.25) is 0 Å². The Morgan fingerprint density at radius 2 is 1.89 bits per heavy atom. The van der Waals surface area contributed by atoms with E-state index in [2.05, 4.69) is 11.6 Å². The molecule has 0 rings (SSSR count). The van der Waals surface area contributed by atoms with Gasteiger partial charge < -0.3 is 0 Å². The van der Waals surface area contributed by atoms with Gasteiger partial charge in [-0.1, -0.05) is 28.9 Å². The third-order valence-electron chi connectivity index (χ3n) is 0.430. The monoisotopic (exact) mass is 176 g/mol. The van der Waals surface area contributed by atoms with Gasteiger partial charge in [-0.15, -0.1) is 0 Å². The second-order valence-electron chi connectivity index (χ2n) is 1.07. The Kier molecular flexibility index (Phi) is 3.12. The minimum Gasteiger partial charge on any atom is -0.165 e. The third kappa shape index (κ3) is 3.46. The molecule has 9 heavy (non-hydrogen) atoms. The van der Waals surface area contributed by atoms with Crippen molar-refractivity contribution in [2.24, 2.45) is 0 Å². The highest BCUT2D eigenvalue weighted by atomic mass is 35.5. The molecule has 0 atom stereocenters. The zero-order valence-corrected chi connectivity index (χ0v) is 5.48. The van der Waals surface area contributed by atoms with Gasteiger partial charge >= 0.3 is 6.18 Å². The standard InChI is InChI=1S/C4HCl2F3/c5-2-1-3(6)4(7,8)9/h2H. The van der Waals surface area contributed by atoms with Crippen LogP contribution in [0.15, 0.2) is 16.3 Å². The zero-order chi connectivity index (χ0) is 7.49. The molecule has 0 amide bonds. The van der Waals surface area contributed by atoms with E-state index >= 15 is 0 Å². The van der Waals surface area contributed by atoms with Crippen molar-refractivity contribution >= 4 is 23.2 Å². The quantitative estimate of drug-likeness (QED) is 0.498. The van der Waals surface area contributed by atoms with E-state index in [1.807, 2.05) is 0 Å². The van der Waals surface area contributed by atoms with E-state index in [4.69, 9.17) is 11.6 Å². The Morgan fingerprint density at radius 1 is 1.44 bits per heavy atom. The van der Waals surface area contributed by atoms with Crippen molar-refractivity contribution in [1.29, 1.82) is 0 Å². The number of hydrogen-bond acceptors (Lipinski definition) is 0. The van der Waals surface area contributed by atoms with E-state index in [-0.39, 0.29) is 0 Å². The molecule has 0 N–H and O–H groups in total. The molecule has 52 valence electrons. The lowest BCUT2D eigenvalue weighted by Crippen LogP contribution is -2.05. The highest BCUT2D eigenvalue weighted by molar-refractivity contribution is 6.31. The summed E-state index contributed by atoms with van der Waals surface area (Å²) in [5.74, 6) is 0. The van der Waals surface area contributed by atoms with Crippen LogP contribution in [0.3, 0.4) is 0 Å². The molecule has 0 radical (unpaired) electrons. The van der Waals surface area contributed by atoms with Crippen LogP contribution >= 0.6 is 23.2 Å². The molecule has 0 nitrogen and oxygen atoms in total. The van der Waals surface area contributed by atoms with Crippen LogP contribution in [0.5, 0.6) is 0 Å². The van der Waals surface area contributed by atoms with Gasteiger partial charge in [0.1, 0.15) is 0 Å². The lowest BCUT2D eigenvalue weighted by Gasteiger charge is -1.98. The van der Waals surface area contributed by atoms with E-state index in [0.29, 0.717) is 5.54 Å². The average Bonchev–Trinajstić information content (AvgIpc) is 1.64. The van der Waals surface area contributed by atoms with E-state index in [0.717, 1.165) is 0 Å². The molecule has 0 aliphatic carbocycles. The van der Waals surface area contributed by atoms with Crippen molar-refractivity contribution in [3.05, 3.63) is 16.3 Å². The van der Waals surface area contributed by atoms with Crippen LogP contribution in [0.25, 0.3) is 0 Å². The normalized spacial score (nSPS) is 10.3. The Bertz CT molecular complexity index is 152. The van der Waals surface area contributed by atoms with Gasteiger partial charge in [-0.25, -0.2) is 0 Å². The maximum absolute atomic E-state index is 11.3. The fourth-order valence-electron chi connectivity index (χ4n) is 0.130. The molecule has 0 bridgehead atoms. The fourth-order valence-corrected chi connectivity index (χ4v) is 0.349. The highest BCUT2D eigenvalue weighted by Gasteiger charge is 2.32. The summed E-state index contributed by atoms with van der Waals surface area (Å²) in [4.78, 5) is 0. The lowest BCUT2D eigenvalue weighted by atomic mass is 10.6. The molecule has 0 saturated heterocycles. The molecule has 0 heterocycles. The number of allylic oxidation sites excluding steroid dienone is 1. The molecule has 0 fully saturated rings. The van der Waals surface area contributed by atoms with Crippen LogP contribution in [0, 0.1) is 0 Å². The van der Waals surface area contributed by atoms with Crippen LogP contribution in [0.2, 0.25) is 0 Å². The number of halogens is 5. The van der Waals surface area contributed by atoms with Crippen molar-refractivity contribution in [2.75, 3.05) is 0 Å². The maximum Gasteiger partial charge on any atom is 0.434 e. The van der Waals surface area contributed by atoms with Crippen LogP contribution in [-0.4, -0.2) is 6.18 Å². The Morgan fingerprint density at radius 3 is 2.00 bits per heavy atom. The predicted molar refractivity (Wildman–Crippen MR) is 29.4 cm³/mol. The lowest BCUT2D eigenvalue weighted by molar-refractivity contribution is -0.0843. The van der Waals surface area contributed by atoms with E-state index in [1.54, 1.807) is 5.73 Å². The largest absolute Gasteiger partial charge is 0.434 e. The molecular weight excluding hydrogens is 176 g/mol. The maximum atomic E-state index is 11.3. The summed E-state index contributed by atoms with van der Waals surface area (Å²) < 4.78 is 34.0. The summed E-state index contributed by atoms with van der Waals surface area (Å²) in [6.07, 6.45) is -4.53. The smallest absolute Gasteiger partial charge is 0.165 e. The molecule has 0 aromatic heterocycles. The van der Waals surface area contributed by atoms with Gasteiger partial charge in [0.15, 0.2) is 5.03 Å². The first kappa shape index (κ1) is 8.89. The first-order valence-electron chi connectivity index (χ1n) is 1.76. The van der Waals surface area contributed by atoms with Gasteiger partial charge in [-0.05, 0) is 0 Å². The predicted octanol–water partition coefficient (Wildman–Crippen LogP) is 3.02. The Labute approximate surface area is 59.6 Å². The minimum absolute atomic E-state index is 0.579. The highest BCUT2D eigenvalue weighted by Crippen LogP contribution is 2.27. The van der Waals surface area contributed by atoms with E-state index in [1.165, 1.54) is 0 Å². The molecule has 0 unspecified atom stereocenters. The fraction of sp³-hybridized carbons (Fsp3) is 0.250. The van der Waals surface area contributed by atoms with Crippen molar-refractivity contribution in [3.8, 4) is 0 Å². The molecular formula is C4HCl2F3. The van der Waals surface area contributed by atoms with Gasteiger partial charge in [0, 0.05) is 5.54 Å².